The molecule has 2 heterocycles. The van der Waals surface area contributed by atoms with Gasteiger partial charge >= 0.3 is 0 Å². The highest BCUT2D eigenvalue weighted by molar-refractivity contribution is 7.99. The molecule has 1 atom stereocenters. The van der Waals surface area contributed by atoms with Gasteiger partial charge < -0.3 is 15.2 Å². The van der Waals surface area contributed by atoms with Crippen molar-refractivity contribution in [1.82, 2.24) is 4.98 Å². The molecular weight excluding hydrogens is 324 g/mol. The minimum Gasteiger partial charge on any atom is -0.473 e. The fourth-order valence-corrected chi connectivity index (χ4v) is 3.54. The summed E-state index contributed by atoms with van der Waals surface area (Å²) in [4.78, 5) is 16.5. The second-order valence-electron chi connectivity index (χ2n) is 5.61. The predicted molar refractivity (Wildman–Crippen MR) is 95.8 cm³/mol. The van der Waals surface area contributed by atoms with Crippen LogP contribution in [0.2, 0.25) is 0 Å². The van der Waals surface area contributed by atoms with Crippen molar-refractivity contribution in [3.8, 4) is 5.88 Å². The van der Waals surface area contributed by atoms with E-state index in [-0.39, 0.29) is 18.6 Å². The van der Waals surface area contributed by atoms with E-state index >= 15 is 0 Å². The molecular formula is C18H20N2O3S. The Bertz CT molecular complexity index is 668. The fourth-order valence-electron chi connectivity index (χ4n) is 2.45. The van der Waals surface area contributed by atoms with Crippen LogP contribution in [-0.2, 0) is 6.42 Å². The lowest BCUT2D eigenvalue weighted by molar-refractivity contribution is 0.102. The molecule has 0 bridgehead atoms. The van der Waals surface area contributed by atoms with E-state index in [1.807, 2.05) is 36.0 Å². The average Bonchev–Trinajstić information content (AvgIpc) is 3.10. The van der Waals surface area contributed by atoms with Gasteiger partial charge in [-0.1, -0.05) is 12.1 Å². The molecule has 126 valence electrons. The molecule has 1 fully saturated rings. The first-order valence-electron chi connectivity index (χ1n) is 7.96. The van der Waals surface area contributed by atoms with Gasteiger partial charge in [0, 0.05) is 30.3 Å². The summed E-state index contributed by atoms with van der Waals surface area (Å²) in [6.07, 6.45) is 3.41. The molecule has 1 aliphatic rings. The van der Waals surface area contributed by atoms with Crippen LogP contribution >= 0.6 is 11.8 Å². The molecule has 6 heteroatoms. The third-order valence-corrected chi connectivity index (χ3v) is 4.92. The summed E-state index contributed by atoms with van der Waals surface area (Å²) in [5.41, 5.74) is 2.23. The van der Waals surface area contributed by atoms with Crippen LogP contribution in [0.15, 0.2) is 42.6 Å². The van der Waals surface area contributed by atoms with E-state index in [0.29, 0.717) is 23.6 Å². The lowest BCUT2D eigenvalue weighted by Gasteiger charge is -2.11. The summed E-state index contributed by atoms with van der Waals surface area (Å²) in [6, 6.07) is 10.9. The number of carbonyl (C=O) groups is 1. The zero-order valence-corrected chi connectivity index (χ0v) is 14.1. The van der Waals surface area contributed by atoms with Gasteiger partial charge in [-0.25, -0.2) is 4.98 Å². The first-order valence-corrected chi connectivity index (χ1v) is 9.11. The van der Waals surface area contributed by atoms with Crippen molar-refractivity contribution >= 4 is 23.4 Å². The van der Waals surface area contributed by atoms with Crippen molar-refractivity contribution < 1.29 is 14.6 Å². The van der Waals surface area contributed by atoms with E-state index in [2.05, 4.69) is 10.3 Å². The van der Waals surface area contributed by atoms with E-state index in [1.165, 1.54) is 6.20 Å². The highest BCUT2D eigenvalue weighted by Crippen LogP contribution is 2.22. The number of aromatic nitrogens is 1. The summed E-state index contributed by atoms with van der Waals surface area (Å²) in [6.45, 7) is 0.116. The number of hydrogen-bond donors (Lipinski definition) is 2. The Labute approximate surface area is 145 Å². The number of nitrogens with one attached hydrogen (secondary N) is 1. The summed E-state index contributed by atoms with van der Waals surface area (Å²) >= 11 is 1.88. The average molecular weight is 344 g/mol. The van der Waals surface area contributed by atoms with Gasteiger partial charge in [-0.05, 0) is 42.4 Å². The molecule has 1 unspecified atom stereocenters. The largest absolute Gasteiger partial charge is 0.473 e. The Morgan fingerprint density at radius 1 is 1.29 bits per heavy atom. The molecule has 0 saturated carbocycles. The minimum absolute atomic E-state index is 0.116. The normalized spacial score (nSPS) is 16.8. The molecule has 0 spiro atoms. The molecule has 1 aliphatic heterocycles. The Kier molecular flexibility index (Phi) is 5.72. The van der Waals surface area contributed by atoms with Gasteiger partial charge in [0.1, 0.15) is 6.10 Å². The maximum absolute atomic E-state index is 12.2. The number of aliphatic hydroxyl groups is 1. The molecule has 1 aromatic heterocycles. The summed E-state index contributed by atoms with van der Waals surface area (Å²) in [7, 11) is 0. The maximum Gasteiger partial charge on any atom is 0.257 e. The Balaban J connectivity index is 1.57. The molecule has 0 radical (unpaired) electrons. The van der Waals surface area contributed by atoms with E-state index in [1.54, 1.807) is 12.1 Å². The van der Waals surface area contributed by atoms with Crippen molar-refractivity contribution in [2.75, 3.05) is 23.4 Å². The number of rotatable bonds is 6. The van der Waals surface area contributed by atoms with Crippen LogP contribution in [0.1, 0.15) is 22.3 Å². The van der Waals surface area contributed by atoms with Crippen LogP contribution in [-0.4, -0.2) is 40.2 Å². The molecule has 24 heavy (non-hydrogen) atoms. The second-order valence-corrected chi connectivity index (χ2v) is 6.76. The molecule has 0 aliphatic carbocycles. The SMILES string of the molecule is O=C(Nc1ccc(CCO)cc1)c1ccc(OC2CCSC2)nc1. The number of carbonyl (C=O) groups excluding carboxylic acids is 1. The zero-order valence-electron chi connectivity index (χ0n) is 13.3. The van der Waals surface area contributed by atoms with Crippen LogP contribution in [0.4, 0.5) is 5.69 Å². The molecule has 1 amide bonds. The number of anilines is 1. The third kappa shape index (κ3) is 4.49. The summed E-state index contributed by atoms with van der Waals surface area (Å²) in [5, 5.41) is 11.7. The van der Waals surface area contributed by atoms with Gasteiger partial charge in [0.05, 0.1) is 5.56 Å². The van der Waals surface area contributed by atoms with Crippen LogP contribution in [0.25, 0.3) is 0 Å². The quantitative estimate of drug-likeness (QED) is 0.843. The van der Waals surface area contributed by atoms with Gasteiger partial charge in [0.25, 0.3) is 5.91 Å². The monoisotopic (exact) mass is 344 g/mol. The number of aliphatic hydroxyl groups excluding tert-OH is 1. The molecule has 3 rings (SSSR count). The standard InChI is InChI=1S/C18H20N2O3S/c21-9-7-13-1-4-15(5-2-13)20-18(22)14-3-6-17(19-11-14)23-16-8-10-24-12-16/h1-6,11,16,21H,7-10,12H2,(H,20,22). The molecule has 5 nitrogen and oxygen atoms in total. The maximum atomic E-state index is 12.2. The smallest absolute Gasteiger partial charge is 0.257 e. The summed E-state index contributed by atoms with van der Waals surface area (Å²) in [5.74, 6) is 2.48. The number of thioether (sulfide) groups is 1. The Morgan fingerprint density at radius 2 is 2.12 bits per heavy atom. The van der Waals surface area contributed by atoms with Gasteiger partial charge in [-0.15, -0.1) is 0 Å². The number of amides is 1. The van der Waals surface area contributed by atoms with Crippen LogP contribution in [0, 0.1) is 0 Å². The molecule has 2 N–H and O–H groups in total. The van der Waals surface area contributed by atoms with Gasteiger partial charge in [-0.3, -0.25) is 4.79 Å². The zero-order chi connectivity index (χ0) is 16.8. The van der Waals surface area contributed by atoms with Gasteiger partial charge in [-0.2, -0.15) is 11.8 Å². The van der Waals surface area contributed by atoms with Crippen molar-refractivity contribution in [3.63, 3.8) is 0 Å². The van der Waals surface area contributed by atoms with E-state index in [9.17, 15) is 4.79 Å². The molecule has 1 aromatic carbocycles. The van der Waals surface area contributed by atoms with Crippen molar-refractivity contribution in [2.45, 2.75) is 18.9 Å². The molecule has 2 aromatic rings. The number of benzene rings is 1. The minimum atomic E-state index is -0.208. The molecule has 1 saturated heterocycles. The van der Waals surface area contributed by atoms with Crippen LogP contribution in [0.3, 0.4) is 0 Å². The number of ether oxygens (including phenoxy) is 1. The van der Waals surface area contributed by atoms with Crippen molar-refractivity contribution in [3.05, 3.63) is 53.7 Å². The van der Waals surface area contributed by atoms with Gasteiger partial charge in [0.15, 0.2) is 0 Å². The van der Waals surface area contributed by atoms with Crippen molar-refractivity contribution in [1.29, 1.82) is 0 Å². The predicted octanol–water partition coefficient (Wildman–Crippen LogP) is 2.75. The first-order chi connectivity index (χ1) is 11.7. The van der Waals surface area contributed by atoms with Gasteiger partial charge in [0.2, 0.25) is 5.88 Å². The highest BCUT2D eigenvalue weighted by Gasteiger charge is 2.17. The summed E-state index contributed by atoms with van der Waals surface area (Å²) < 4.78 is 5.78. The topological polar surface area (TPSA) is 71.5 Å². The third-order valence-electron chi connectivity index (χ3n) is 3.79. The van der Waals surface area contributed by atoms with E-state index in [4.69, 9.17) is 9.84 Å². The number of pyridine rings is 1. The second kappa shape index (κ2) is 8.17. The van der Waals surface area contributed by atoms with Crippen LogP contribution in [0.5, 0.6) is 5.88 Å². The number of nitrogens with zero attached hydrogens (tertiary/aromatic N) is 1. The lowest BCUT2D eigenvalue weighted by Crippen LogP contribution is -2.16. The Morgan fingerprint density at radius 3 is 2.75 bits per heavy atom. The fraction of sp³-hybridized carbons (Fsp3) is 0.333. The van der Waals surface area contributed by atoms with E-state index < -0.39 is 0 Å². The number of hydrogen-bond acceptors (Lipinski definition) is 5. The lowest BCUT2D eigenvalue weighted by atomic mass is 10.1. The highest BCUT2D eigenvalue weighted by atomic mass is 32.2. The van der Waals surface area contributed by atoms with Crippen LogP contribution < -0.4 is 10.1 Å². The van der Waals surface area contributed by atoms with E-state index in [0.717, 1.165) is 23.5 Å². The van der Waals surface area contributed by atoms with Crippen molar-refractivity contribution in [2.24, 2.45) is 0 Å². The first kappa shape index (κ1) is 16.8. The Hall–Kier alpha value is -2.05.